The van der Waals surface area contributed by atoms with Crippen LogP contribution in [0, 0.1) is 11.8 Å². The predicted octanol–water partition coefficient (Wildman–Crippen LogP) is 8.04. The first-order chi connectivity index (χ1) is 24.7. The number of halogens is 7. The van der Waals surface area contributed by atoms with Gasteiger partial charge in [0.25, 0.3) is 11.8 Å². The van der Waals surface area contributed by atoms with Gasteiger partial charge >= 0.3 is 6.18 Å². The summed E-state index contributed by atoms with van der Waals surface area (Å²) in [6.07, 6.45) is -2.78. The van der Waals surface area contributed by atoms with E-state index < -0.39 is 47.7 Å². The molecule has 276 valence electrons. The standard InChI is InChI=1S/C34H31Cl2F5N6O3S2/c35-24-9-12-28(27(36)20-24)47-31(29-13-11-25(51-29)10-6-22-4-7-23(8-5-22)34(39,40)41)26(30(42-47)32(48)43-44-16-2-1-3-17-44)21-46(52(49)50)45-18-14-33(37,38)15-19-45/h4-5,7-9,11-13,20H,1-3,14-19,21H2,(H,43,48)(H,49,50). The maximum Gasteiger partial charge on any atom is 0.416 e. The number of carbonyl (C=O) groups excluding carboxylic acids is 1. The zero-order valence-corrected chi connectivity index (χ0v) is 30.4. The molecule has 2 fully saturated rings. The summed E-state index contributed by atoms with van der Waals surface area (Å²) in [6.45, 7) is 0.437. The van der Waals surface area contributed by atoms with Crippen LogP contribution in [0.25, 0.3) is 16.3 Å². The molecule has 0 spiro atoms. The van der Waals surface area contributed by atoms with Crippen LogP contribution in [0.3, 0.4) is 0 Å². The largest absolute Gasteiger partial charge is 0.416 e. The van der Waals surface area contributed by atoms with E-state index in [2.05, 4.69) is 17.3 Å². The average molecular weight is 802 g/mol. The van der Waals surface area contributed by atoms with Gasteiger partial charge in [0.05, 0.1) is 38.3 Å². The number of thiophene rings is 1. The van der Waals surface area contributed by atoms with E-state index >= 15 is 0 Å². The topological polar surface area (TPSA) is 93.9 Å². The zero-order valence-electron chi connectivity index (χ0n) is 27.2. The molecular weight excluding hydrogens is 770 g/mol. The molecule has 2 aromatic carbocycles. The van der Waals surface area contributed by atoms with Gasteiger partial charge in [-0.1, -0.05) is 41.5 Å². The molecule has 1 atom stereocenters. The summed E-state index contributed by atoms with van der Waals surface area (Å²) >= 11 is 11.4. The lowest BCUT2D eigenvalue weighted by Gasteiger charge is -2.37. The first-order valence-corrected chi connectivity index (χ1v) is 18.8. The highest BCUT2D eigenvalue weighted by molar-refractivity contribution is 7.76. The van der Waals surface area contributed by atoms with Gasteiger partial charge in [-0.3, -0.25) is 14.8 Å². The number of nitrogens with zero attached hydrogens (tertiary/aromatic N) is 5. The molecule has 2 N–H and O–H groups in total. The third-order valence-corrected chi connectivity index (χ3v) is 10.9. The Morgan fingerprint density at radius 1 is 1.00 bits per heavy atom. The number of benzene rings is 2. The van der Waals surface area contributed by atoms with E-state index in [1.54, 1.807) is 29.3 Å². The Balaban J connectivity index is 1.46. The highest BCUT2D eigenvalue weighted by Gasteiger charge is 2.39. The minimum atomic E-state index is -4.48. The van der Waals surface area contributed by atoms with E-state index in [4.69, 9.17) is 28.3 Å². The van der Waals surface area contributed by atoms with Crippen molar-refractivity contribution in [3.05, 3.63) is 91.9 Å². The molecule has 2 saturated heterocycles. The van der Waals surface area contributed by atoms with Crippen LogP contribution in [0.2, 0.25) is 10.0 Å². The number of carbonyl (C=O) groups is 1. The van der Waals surface area contributed by atoms with Crippen LogP contribution >= 0.6 is 34.5 Å². The lowest BCUT2D eigenvalue weighted by atomic mass is 10.1. The van der Waals surface area contributed by atoms with Gasteiger partial charge in [0.2, 0.25) is 11.3 Å². The van der Waals surface area contributed by atoms with Crippen LogP contribution < -0.4 is 5.43 Å². The van der Waals surface area contributed by atoms with Gasteiger partial charge in [-0.15, -0.1) is 15.8 Å². The minimum Gasteiger partial charge on any atom is -0.293 e. The van der Waals surface area contributed by atoms with E-state index in [0.717, 1.165) is 35.8 Å². The van der Waals surface area contributed by atoms with Crippen LogP contribution in [0.1, 0.15) is 64.2 Å². The SMILES string of the molecule is O=C(NN1CCCCC1)c1nn(-c2ccc(Cl)cc2Cl)c(-c2ccc(C#Cc3ccc(C(F)(F)F)cc3)s2)c1CN(N1CCC(F)(F)CC1)S(=O)O. The van der Waals surface area contributed by atoms with Crippen molar-refractivity contribution in [2.75, 3.05) is 26.2 Å². The Bertz CT molecular complexity index is 2010. The fourth-order valence-electron chi connectivity index (χ4n) is 5.91. The summed E-state index contributed by atoms with van der Waals surface area (Å²) in [4.78, 5) is 15.0. The highest BCUT2D eigenvalue weighted by atomic mass is 35.5. The first-order valence-electron chi connectivity index (χ1n) is 16.1. The van der Waals surface area contributed by atoms with Crippen molar-refractivity contribution >= 4 is 51.7 Å². The van der Waals surface area contributed by atoms with Gasteiger partial charge in [-0.2, -0.15) is 18.3 Å². The second kappa shape index (κ2) is 15.9. The number of rotatable bonds is 8. The smallest absolute Gasteiger partial charge is 0.293 e. The molecule has 9 nitrogen and oxygen atoms in total. The minimum absolute atomic E-state index is 0.0878. The second-order valence-electron chi connectivity index (χ2n) is 12.2. The molecule has 0 bridgehead atoms. The highest BCUT2D eigenvalue weighted by Crippen LogP contribution is 2.38. The van der Waals surface area contributed by atoms with Crippen molar-refractivity contribution in [3.8, 4) is 28.1 Å². The van der Waals surface area contributed by atoms with E-state index in [1.807, 2.05) is 0 Å². The molecule has 1 unspecified atom stereocenters. The molecule has 2 aromatic heterocycles. The van der Waals surface area contributed by atoms with Gasteiger partial charge in [0, 0.05) is 55.2 Å². The molecule has 52 heavy (non-hydrogen) atoms. The van der Waals surface area contributed by atoms with Crippen molar-refractivity contribution in [1.82, 2.24) is 29.6 Å². The predicted molar refractivity (Wildman–Crippen MR) is 189 cm³/mol. The number of amides is 1. The van der Waals surface area contributed by atoms with Crippen molar-refractivity contribution in [2.45, 2.75) is 50.7 Å². The van der Waals surface area contributed by atoms with Gasteiger partial charge in [-0.05, 0) is 67.4 Å². The first kappa shape index (κ1) is 38.3. The maximum absolute atomic E-state index is 14.1. The van der Waals surface area contributed by atoms with Gasteiger partial charge < -0.3 is 0 Å². The molecule has 2 aliphatic heterocycles. The normalized spacial score (nSPS) is 17.5. The van der Waals surface area contributed by atoms with Crippen LogP contribution in [0.15, 0.2) is 54.6 Å². The summed E-state index contributed by atoms with van der Waals surface area (Å²) in [5, 5.41) is 8.38. The number of nitrogens with one attached hydrogen (secondary N) is 1. The lowest BCUT2D eigenvalue weighted by molar-refractivity contribution is -0.137. The quantitative estimate of drug-likeness (QED) is 0.107. The van der Waals surface area contributed by atoms with Crippen LogP contribution in [-0.4, -0.2) is 71.0 Å². The van der Waals surface area contributed by atoms with Crippen molar-refractivity contribution in [3.63, 3.8) is 0 Å². The number of alkyl halides is 5. The summed E-state index contributed by atoms with van der Waals surface area (Å²) in [5.74, 6) is 2.31. The monoisotopic (exact) mass is 800 g/mol. The summed E-state index contributed by atoms with van der Waals surface area (Å²) in [6, 6.07) is 12.5. The molecule has 0 saturated carbocycles. The Morgan fingerprint density at radius 3 is 2.33 bits per heavy atom. The molecule has 0 radical (unpaired) electrons. The summed E-state index contributed by atoms with van der Waals surface area (Å²) < 4.78 is 93.1. The van der Waals surface area contributed by atoms with E-state index in [1.165, 1.54) is 39.2 Å². The van der Waals surface area contributed by atoms with Gasteiger partial charge in [0.15, 0.2) is 5.69 Å². The lowest BCUT2D eigenvalue weighted by Crippen LogP contribution is -2.50. The molecule has 2 aliphatic rings. The number of piperidine rings is 2. The van der Waals surface area contributed by atoms with Crippen molar-refractivity contribution in [2.24, 2.45) is 0 Å². The van der Waals surface area contributed by atoms with Crippen LogP contribution in [0.4, 0.5) is 22.0 Å². The fraction of sp³-hybridized carbons (Fsp3) is 0.353. The molecular formula is C34H31Cl2F5N6O3S2. The molecule has 4 aromatic rings. The molecule has 18 heteroatoms. The van der Waals surface area contributed by atoms with Crippen molar-refractivity contribution in [1.29, 1.82) is 0 Å². The molecule has 4 heterocycles. The molecule has 1 amide bonds. The third-order valence-electron chi connectivity index (χ3n) is 8.59. The summed E-state index contributed by atoms with van der Waals surface area (Å²) in [7, 11) is 0. The number of hydrazine groups is 2. The average Bonchev–Trinajstić information content (AvgIpc) is 3.71. The zero-order chi connectivity index (χ0) is 37.2. The second-order valence-corrected chi connectivity index (χ2v) is 15.0. The Kier molecular flexibility index (Phi) is 11.7. The van der Waals surface area contributed by atoms with E-state index in [-0.39, 0.29) is 35.9 Å². The number of hydrogen-bond donors (Lipinski definition) is 2. The Labute approximate surface area is 312 Å². The maximum atomic E-state index is 14.1. The summed E-state index contributed by atoms with van der Waals surface area (Å²) in [5.41, 5.74) is 3.23. The van der Waals surface area contributed by atoms with E-state index in [9.17, 15) is 35.5 Å². The Morgan fingerprint density at radius 2 is 1.69 bits per heavy atom. The van der Waals surface area contributed by atoms with Crippen molar-refractivity contribution < 1.29 is 35.5 Å². The molecule has 6 rings (SSSR count). The number of aromatic nitrogens is 2. The third kappa shape index (κ3) is 9.03. The Hall–Kier alpha value is -3.40. The number of hydrogen-bond acceptors (Lipinski definition) is 6. The van der Waals surface area contributed by atoms with Gasteiger partial charge in [-0.25, -0.2) is 27.7 Å². The van der Waals surface area contributed by atoms with Crippen LogP contribution in [-0.2, 0) is 24.0 Å². The van der Waals surface area contributed by atoms with Gasteiger partial charge in [0.1, 0.15) is 0 Å². The van der Waals surface area contributed by atoms with Crippen LogP contribution in [0.5, 0.6) is 0 Å². The molecule has 0 aliphatic carbocycles. The fourth-order valence-corrected chi connectivity index (χ4v) is 7.91. The van der Waals surface area contributed by atoms with E-state index in [0.29, 0.717) is 44.8 Å².